The van der Waals surface area contributed by atoms with Gasteiger partial charge in [0, 0.05) is 38.5 Å². The van der Waals surface area contributed by atoms with E-state index in [1.807, 2.05) is 11.3 Å². The molecule has 0 radical (unpaired) electrons. The second kappa shape index (κ2) is 12.3. The summed E-state index contributed by atoms with van der Waals surface area (Å²) in [5.74, 6) is 0.874. The zero-order valence-electron chi connectivity index (χ0n) is 28.6. The first-order chi connectivity index (χ1) is 23.1. The number of hydrogen-bond acceptors (Lipinski definition) is 3. The molecule has 1 aliphatic rings. The Morgan fingerprint density at radius 2 is 1.39 bits per heavy atom. The molecule has 0 unspecified atom stereocenters. The van der Waals surface area contributed by atoms with E-state index in [4.69, 9.17) is 9.92 Å². The fourth-order valence-corrected chi connectivity index (χ4v) is 6.87. The van der Waals surface area contributed by atoms with Crippen LogP contribution in [0, 0.1) is 19.1 Å². The summed E-state index contributed by atoms with van der Waals surface area (Å²) >= 11 is 0. The summed E-state index contributed by atoms with van der Waals surface area (Å²) in [6.07, 6.45) is 1.91. The van der Waals surface area contributed by atoms with E-state index in [-0.39, 0.29) is 26.6 Å². The van der Waals surface area contributed by atoms with Crippen LogP contribution in [0.5, 0.6) is 0 Å². The zero-order chi connectivity index (χ0) is 33.2. The summed E-state index contributed by atoms with van der Waals surface area (Å²) in [5, 5.41) is 6.44. The van der Waals surface area contributed by atoms with Crippen LogP contribution in [0.25, 0.3) is 38.8 Å². The number of anilines is 3. The van der Waals surface area contributed by atoms with Crippen LogP contribution in [0.15, 0.2) is 121 Å². The van der Waals surface area contributed by atoms with Crippen molar-refractivity contribution in [2.24, 2.45) is 0 Å². The van der Waals surface area contributed by atoms with Crippen molar-refractivity contribution in [2.75, 3.05) is 10.1 Å². The Hall–Kier alpha value is -4.70. The monoisotopic (exact) mass is 822 g/mol. The van der Waals surface area contributed by atoms with Crippen LogP contribution in [0.1, 0.15) is 51.3 Å². The van der Waals surface area contributed by atoms with Gasteiger partial charge in [0.15, 0.2) is 0 Å². The smallest absolute Gasteiger partial charge is 0.145 e. The third kappa shape index (κ3) is 5.56. The molecule has 0 aliphatic carbocycles. The Bertz CT molecular complexity index is 2330. The van der Waals surface area contributed by atoms with Crippen molar-refractivity contribution < 1.29 is 26.0 Å². The van der Waals surface area contributed by atoms with Gasteiger partial charge < -0.3 is 4.57 Å². The van der Waals surface area contributed by atoms with Gasteiger partial charge in [0.1, 0.15) is 22.7 Å². The molecule has 248 valence electrons. The first-order valence-corrected chi connectivity index (χ1v) is 16.5. The summed E-state index contributed by atoms with van der Waals surface area (Å²) in [6, 6.07) is 48.2. The molecule has 0 saturated heterocycles. The number of pyridine rings is 1. The number of benzene rings is 5. The molecule has 0 fully saturated rings. The van der Waals surface area contributed by atoms with Gasteiger partial charge in [-0.2, -0.15) is 46.4 Å². The van der Waals surface area contributed by atoms with Crippen LogP contribution in [-0.4, -0.2) is 20.0 Å². The Labute approximate surface area is 303 Å². The zero-order valence-corrected chi connectivity index (χ0v) is 30.9. The Kier molecular flexibility index (Phi) is 8.25. The van der Waals surface area contributed by atoms with Crippen molar-refractivity contribution in [1.82, 2.24) is 9.55 Å². The fraction of sp³-hybridized carbons (Fsp3) is 0.186. The summed E-state index contributed by atoms with van der Waals surface area (Å²) in [6.45, 7) is 13.2. The summed E-state index contributed by atoms with van der Waals surface area (Å²) in [7, 11) is 0. The van der Waals surface area contributed by atoms with Crippen molar-refractivity contribution in [1.29, 1.82) is 0 Å². The molecule has 0 amide bonds. The van der Waals surface area contributed by atoms with E-state index < -0.39 is 5.41 Å². The Morgan fingerprint density at radius 1 is 0.673 bits per heavy atom. The molecule has 0 spiro atoms. The van der Waals surface area contributed by atoms with Crippen molar-refractivity contribution in [3.05, 3.63) is 150 Å². The van der Waals surface area contributed by atoms with Gasteiger partial charge in [0.05, 0.1) is 0 Å². The predicted octanol–water partition coefficient (Wildman–Crippen LogP) is 10.7. The van der Waals surface area contributed by atoms with Crippen LogP contribution >= 0.6 is 0 Å². The van der Waals surface area contributed by atoms with Crippen LogP contribution in [0.2, 0.25) is 0 Å². The van der Waals surface area contributed by atoms with E-state index in [1.165, 1.54) is 16.5 Å². The topological polar surface area (TPSA) is 37.1 Å². The molecule has 6 heteroatoms. The molecule has 49 heavy (non-hydrogen) atoms. The number of aromatic nitrogens is 2. The molecule has 1 aliphatic heterocycles. The van der Waals surface area contributed by atoms with E-state index >= 15 is 0 Å². The van der Waals surface area contributed by atoms with Gasteiger partial charge in [0.2, 0.25) is 0 Å². The molecule has 0 saturated carbocycles. The fourth-order valence-electron chi connectivity index (χ4n) is 6.87. The number of aryl methyl sites for hydroxylation is 1. The first-order valence-electron chi connectivity index (χ1n) is 16.5. The predicted molar refractivity (Wildman–Crippen MR) is 198 cm³/mol. The van der Waals surface area contributed by atoms with Crippen LogP contribution < -0.4 is 10.1 Å². The van der Waals surface area contributed by atoms with Crippen molar-refractivity contribution in [3.63, 3.8) is 0 Å². The van der Waals surface area contributed by atoms with Gasteiger partial charge in [-0.3, -0.25) is 0 Å². The van der Waals surface area contributed by atoms with Gasteiger partial charge >= 0.3 is 0 Å². The maximum absolute atomic E-state index is 5.06. The number of rotatable bonds is 5. The summed E-state index contributed by atoms with van der Waals surface area (Å²) < 4.78 is 2.26. The minimum atomic E-state index is -0.398. The Morgan fingerprint density at radius 3 is 2.18 bits per heavy atom. The minimum Gasteiger partial charge on any atom is -0.319 e. The van der Waals surface area contributed by atoms with E-state index in [0.29, 0.717) is 0 Å². The molecule has 7 aromatic rings. The normalized spacial score (nSPS) is 13.2. The maximum Gasteiger partial charge on any atom is 0.145 e. The van der Waals surface area contributed by atoms with Crippen molar-refractivity contribution in [2.45, 2.75) is 52.5 Å². The van der Waals surface area contributed by atoms with Crippen LogP contribution in [-0.2, 0) is 26.5 Å². The molecular formula is C43H39N4OPt-. The van der Waals surface area contributed by atoms with Gasteiger partial charge in [0.25, 0.3) is 0 Å². The number of hydrogen-bond donors (Lipinski definition) is 0. The molecule has 0 bridgehead atoms. The third-order valence-electron chi connectivity index (χ3n) is 9.52. The molecular weight excluding hydrogens is 784 g/mol. The van der Waals surface area contributed by atoms with Crippen molar-refractivity contribution >= 4 is 38.9 Å². The van der Waals surface area contributed by atoms with Gasteiger partial charge in [-0.1, -0.05) is 74.0 Å². The van der Waals surface area contributed by atoms with Gasteiger partial charge in [-0.25, -0.2) is 4.98 Å². The summed E-state index contributed by atoms with van der Waals surface area (Å²) in [4.78, 5) is 9.96. The average molecular weight is 823 g/mol. The second-order valence-corrected chi connectivity index (χ2v) is 14.2. The first kappa shape index (κ1) is 32.8. The summed E-state index contributed by atoms with van der Waals surface area (Å²) in [5.41, 5.74) is 10.4. The number of para-hydroxylation sites is 3. The largest absolute Gasteiger partial charge is 0.319 e. The number of fused-ring (bicyclic) bond motifs is 4. The second-order valence-electron chi connectivity index (χ2n) is 14.2. The van der Waals surface area contributed by atoms with E-state index in [2.05, 4.69) is 179 Å². The number of hydroxylamine groups is 1. The van der Waals surface area contributed by atoms with Gasteiger partial charge in [-0.15, -0.1) is 27.6 Å². The molecule has 0 atom stereocenters. The average Bonchev–Trinajstić information content (AvgIpc) is 3.65. The molecule has 1 N–H and O–H groups in total. The third-order valence-corrected chi connectivity index (χ3v) is 9.52. The van der Waals surface area contributed by atoms with Crippen molar-refractivity contribution in [3.8, 4) is 16.9 Å². The van der Waals surface area contributed by atoms with E-state index in [0.717, 1.165) is 56.0 Å². The number of nitrogens with zero attached hydrogens (tertiary/aromatic N) is 4. The molecule has 8 rings (SSSR count). The van der Waals surface area contributed by atoms with Gasteiger partial charge in [-0.05, 0) is 85.5 Å². The molecule has 2 aromatic heterocycles. The van der Waals surface area contributed by atoms with E-state index in [1.54, 1.807) is 0 Å². The van der Waals surface area contributed by atoms with Crippen LogP contribution in [0.4, 0.5) is 17.1 Å². The quantitative estimate of drug-likeness (QED) is 0.128. The standard InChI is InChI=1S/C43H38N4O.Pt/c1-29-14-7-8-17-34(29)30-24-25-44-41(26-30)45-37-19-10-9-18-35(37)36-23-22-32(28-40(36)45)43(5,6)31-15-13-16-33(27-31)46-38-20-11-12-21-39(38)47(48-46)42(2,3)4;/h7-26H,1-6H3;/q-2;/p+1. The van der Waals surface area contributed by atoms with Crippen LogP contribution in [0.3, 0.4) is 0 Å². The molecule has 3 heterocycles. The Balaban J connectivity index is 0.00000378. The molecule has 5 nitrogen and oxygen atoms in total. The minimum absolute atomic E-state index is 0. The maximum atomic E-state index is 5.06. The molecule has 5 aromatic carbocycles. The van der Waals surface area contributed by atoms with E-state index in [9.17, 15) is 0 Å². The SMILES string of the molecule is Cc1ccccc1-c1ccnc(-n2c3[c-]c(C(C)(C)c4[c-]c(N5[OH+]N(C(C)(C)C)c6ccccc65)ccc4)ccc3c3ccccc32)c1.[Pt].